The molecule has 2 N–H and O–H groups in total. The molecule has 0 spiro atoms. The molecule has 3 aromatic rings. The number of phenols is 1. The van der Waals surface area contributed by atoms with Gasteiger partial charge in [-0.1, -0.05) is 30.3 Å². The highest BCUT2D eigenvalue weighted by Crippen LogP contribution is 2.25. The molecule has 0 saturated carbocycles. The Bertz CT molecular complexity index is 1110. The average Bonchev–Trinajstić information content (AvgIpc) is 2.64. The van der Waals surface area contributed by atoms with Crippen LogP contribution < -0.4 is 4.72 Å². The van der Waals surface area contributed by atoms with Crippen LogP contribution in [0, 0.1) is 12.7 Å². The second-order valence-corrected chi connectivity index (χ2v) is 7.50. The first-order valence-electron chi connectivity index (χ1n) is 8.07. The van der Waals surface area contributed by atoms with E-state index in [0.29, 0.717) is 16.8 Å². The van der Waals surface area contributed by atoms with Gasteiger partial charge in [-0.2, -0.15) is 0 Å². The maximum atomic E-state index is 13.8. The minimum Gasteiger partial charge on any atom is -0.507 e. The average molecular weight is 384 g/mol. The summed E-state index contributed by atoms with van der Waals surface area (Å²) in [5.41, 5.74) is 1.27. The number of anilines is 1. The zero-order valence-corrected chi connectivity index (χ0v) is 15.2. The van der Waals surface area contributed by atoms with Gasteiger partial charge in [-0.25, -0.2) is 12.8 Å². The van der Waals surface area contributed by atoms with E-state index in [4.69, 9.17) is 0 Å². The summed E-state index contributed by atoms with van der Waals surface area (Å²) < 4.78 is 41.4. The maximum absolute atomic E-state index is 13.8. The topological polar surface area (TPSA) is 78.8 Å². The van der Waals surface area contributed by atoms with E-state index in [-0.39, 0.29) is 16.3 Å². The summed E-state index contributed by atoms with van der Waals surface area (Å²) in [6.07, 6.45) is 1.45. The number of hydrogen-bond acceptors (Lipinski definition) is 4. The summed E-state index contributed by atoms with van der Waals surface area (Å²) in [6, 6.07) is 16.9. The van der Waals surface area contributed by atoms with Crippen molar-refractivity contribution in [2.24, 2.45) is 4.99 Å². The van der Waals surface area contributed by atoms with Crippen molar-refractivity contribution in [3.8, 4) is 5.75 Å². The molecular weight excluding hydrogens is 367 g/mol. The number of benzene rings is 3. The van der Waals surface area contributed by atoms with Crippen LogP contribution in [0.2, 0.25) is 0 Å². The molecule has 0 saturated heterocycles. The van der Waals surface area contributed by atoms with Crippen molar-refractivity contribution in [1.29, 1.82) is 0 Å². The van der Waals surface area contributed by atoms with Crippen molar-refractivity contribution in [2.75, 3.05) is 4.72 Å². The highest BCUT2D eigenvalue weighted by Gasteiger charge is 2.19. The number of para-hydroxylation sites is 2. The number of aliphatic imine (C=N–C) groups is 1. The summed E-state index contributed by atoms with van der Waals surface area (Å²) in [5.74, 6) is -0.588. The first-order valence-corrected chi connectivity index (χ1v) is 9.55. The number of nitrogens with one attached hydrogen (secondary N) is 1. The Morgan fingerprint density at radius 2 is 1.74 bits per heavy atom. The van der Waals surface area contributed by atoms with Gasteiger partial charge < -0.3 is 5.11 Å². The molecule has 3 aromatic carbocycles. The van der Waals surface area contributed by atoms with Crippen LogP contribution in [0.3, 0.4) is 0 Å². The molecule has 0 atom stereocenters. The van der Waals surface area contributed by atoms with E-state index < -0.39 is 15.8 Å². The monoisotopic (exact) mass is 384 g/mol. The largest absolute Gasteiger partial charge is 0.507 e. The van der Waals surface area contributed by atoms with Crippen molar-refractivity contribution in [3.63, 3.8) is 0 Å². The van der Waals surface area contributed by atoms with Gasteiger partial charge in [0.05, 0.1) is 16.3 Å². The lowest BCUT2D eigenvalue weighted by atomic mass is 10.2. The Kier molecular flexibility index (Phi) is 5.23. The maximum Gasteiger partial charge on any atom is 0.262 e. The smallest absolute Gasteiger partial charge is 0.262 e. The normalized spacial score (nSPS) is 11.6. The molecule has 0 amide bonds. The number of aryl methyl sites for hydroxylation is 1. The molecule has 7 heteroatoms. The SMILES string of the molecule is Cc1ccc(N=Cc2ccccc2O)cc1S(=O)(=O)Nc1ccccc1F. The molecule has 5 nitrogen and oxygen atoms in total. The molecule has 0 fully saturated rings. The zero-order chi connectivity index (χ0) is 19.4. The van der Waals surface area contributed by atoms with Gasteiger partial charge in [0.2, 0.25) is 0 Å². The summed E-state index contributed by atoms with van der Waals surface area (Å²) in [5, 5.41) is 9.77. The fourth-order valence-electron chi connectivity index (χ4n) is 2.44. The Morgan fingerprint density at radius 1 is 1.04 bits per heavy atom. The van der Waals surface area contributed by atoms with Crippen LogP contribution in [0.4, 0.5) is 15.8 Å². The molecule has 3 rings (SSSR count). The highest BCUT2D eigenvalue weighted by atomic mass is 32.2. The van der Waals surface area contributed by atoms with Crippen molar-refractivity contribution < 1.29 is 17.9 Å². The van der Waals surface area contributed by atoms with Gasteiger partial charge in [0, 0.05) is 11.8 Å². The number of halogens is 1. The van der Waals surface area contributed by atoms with Gasteiger partial charge in [0.25, 0.3) is 10.0 Å². The zero-order valence-electron chi connectivity index (χ0n) is 14.4. The van der Waals surface area contributed by atoms with Crippen LogP contribution in [-0.4, -0.2) is 19.7 Å². The minimum atomic E-state index is -3.99. The summed E-state index contributed by atoms with van der Waals surface area (Å²) in [4.78, 5) is 4.22. The Labute approximate surface area is 156 Å². The third-order valence-electron chi connectivity index (χ3n) is 3.87. The summed E-state index contributed by atoms with van der Waals surface area (Å²) in [7, 11) is -3.99. The Hall–Kier alpha value is -3.19. The third kappa shape index (κ3) is 4.32. The van der Waals surface area contributed by atoms with Gasteiger partial charge in [0.15, 0.2) is 0 Å². The fourth-order valence-corrected chi connectivity index (χ4v) is 3.78. The second kappa shape index (κ2) is 7.59. The lowest BCUT2D eigenvalue weighted by Crippen LogP contribution is -2.15. The van der Waals surface area contributed by atoms with E-state index in [9.17, 15) is 17.9 Å². The van der Waals surface area contributed by atoms with E-state index in [0.717, 1.165) is 0 Å². The molecule has 27 heavy (non-hydrogen) atoms. The highest BCUT2D eigenvalue weighted by molar-refractivity contribution is 7.92. The predicted octanol–water partition coefficient (Wildman–Crippen LogP) is 4.39. The van der Waals surface area contributed by atoms with E-state index in [1.54, 1.807) is 43.3 Å². The van der Waals surface area contributed by atoms with E-state index >= 15 is 0 Å². The van der Waals surface area contributed by atoms with Gasteiger partial charge in [-0.05, 0) is 48.9 Å². The molecule has 0 bridgehead atoms. The molecule has 0 aromatic heterocycles. The number of aromatic hydroxyl groups is 1. The van der Waals surface area contributed by atoms with Gasteiger partial charge in [0.1, 0.15) is 11.6 Å². The molecule has 0 aliphatic rings. The van der Waals surface area contributed by atoms with Crippen molar-refractivity contribution in [3.05, 3.63) is 83.7 Å². The fraction of sp³-hybridized carbons (Fsp3) is 0.0500. The van der Waals surface area contributed by atoms with Crippen LogP contribution in [0.5, 0.6) is 5.75 Å². The Morgan fingerprint density at radius 3 is 2.48 bits per heavy atom. The predicted molar refractivity (Wildman–Crippen MR) is 104 cm³/mol. The lowest BCUT2D eigenvalue weighted by Gasteiger charge is -2.11. The van der Waals surface area contributed by atoms with Crippen molar-refractivity contribution in [2.45, 2.75) is 11.8 Å². The van der Waals surface area contributed by atoms with Crippen LogP contribution in [0.25, 0.3) is 0 Å². The molecule has 0 unspecified atom stereocenters. The summed E-state index contributed by atoms with van der Waals surface area (Å²) >= 11 is 0. The number of rotatable bonds is 5. The molecule has 0 aliphatic carbocycles. The number of sulfonamides is 1. The van der Waals surface area contributed by atoms with Crippen LogP contribution in [0.1, 0.15) is 11.1 Å². The van der Waals surface area contributed by atoms with E-state index in [1.165, 1.54) is 36.5 Å². The van der Waals surface area contributed by atoms with Crippen molar-refractivity contribution in [1.82, 2.24) is 0 Å². The standard InChI is InChI=1S/C20H17FN2O3S/c1-14-10-11-16(22-13-15-6-2-5-9-19(15)24)12-20(14)27(25,26)23-18-8-4-3-7-17(18)21/h2-13,23-24H,1H3. The second-order valence-electron chi connectivity index (χ2n) is 5.85. The first-order chi connectivity index (χ1) is 12.9. The van der Waals surface area contributed by atoms with Crippen LogP contribution >= 0.6 is 0 Å². The van der Waals surface area contributed by atoms with E-state index in [1.807, 2.05) is 0 Å². The minimum absolute atomic E-state index is 0.00214. The third-order valence-corrected chi connectivity index (χ3v) is 5.38. The van der Waals surface area contributed by atoms with Crippen molar-refractivity contribution >= 4 is 27.6 Å². The van der Waals surface area contributed by atoms with E-state index in [2.05, 4.69) is 9.71 Å². The van der Waals surface area contributed by atoms with Crippen LogP contribution in [-0.2, 0) is 10.0 Å². The molecule has 0 heterocycles. The molecule has 0 radical (unpaired) electrons. The number of nitrogens with zero attached hydrogens (tertiary/aromatic N) is 1. The van der Waals surface area contributed by atoms with Gasteiger partial charge in [-0.3, -0.25) is 9.71 Å². The first kappa shape index (κ1) is 18.6. The number of hydrogen-bond donors (Lipinski definition) is 2. The van der Waals surface area contributed by atoms with Gasteiger partial charge >= 0.3 is 0 Å². The molecule has 138 valence electrons. The molecule has 0 aliphatic heterocycles. The van der Waals surface area contributed by atoms with Gasteiger partial charge in [-0.15, -0.1) is 0 Å². The lowest BCUT2D eigenvalue weighted by molar-refractivity contribution is 0.474. The Balaban J connectivity index is 1.93. The molecular formula is C20H17FN2O3S. The summed E-state index contributed by atoms with van der Waals surface area (Å²) in [6.45, 7) is 1.65. The quantitative estimate of drug-likeness (QED) is 0.640. The number of phenolic OH excluding ortho intramolecular Hbond substituents is 1. The van der Waals surface area contributed by atoms with Crippen LogP contribution in [0.15, 0.2) is 76.6 Å².